The van der Waals surface area contributed by atoms with Gasteiger partial charge in [0.25, 0.3) is 5.91 Å². The molecule has 1 aliphatic heterocycles. The Bertz CT molecular complexity index is 1020. The van der Waals surface area contributed by atoms with Gasteiger partial charge in [0.05, 0.1) is 25.3 Å². The lowest BCUT2D eigenvalue weighted by Gasteiger charge is -2.33. The lowest BCUT2D eigenvalue weighted by atomic mass is 9.72. The van der Waals surface area contributed by atoms with Crippen LogP contribution in [0.3, 0.4) is 0 Å². The van der Waals surface area contributed by atoms with Gasteiger partial charge in [-0.15, -0.1) is 11.3 Å². The highest BCUT2D eigenvalue weighted by atomic mass is 32.1. The summed E-state index contributed by atoms with van der Waals surface area (Å²) >= 11 is 1.58. The molecular weight excluding hydrogens is 434 g/mol. The van der Waals surface area contributed by atoms with E-state index >= 15 is 0 Å². The van der Waals surface area contributed by atoms with E-state index in [-0.39, 0.29) is 17.2 Å². The second-order valence-electron chi connectivity index (χ2n) is 10.2. The molecule has 2 aliphatic rings. The number of benzene rings is 1. The van der Waals surface area contributed by atoms with Crippen LogP contribution in [-0.4, -0.2) is 49.6 Å². The van der Waals surface area contributed by atoms with Crippen molar-refractivity contribution in [3.8, 4) is 0 Å². The van der Waals surface area contributed by atoms with Gasteiger partial charge in [-0.3, -0.25) is 14.5 Å². The normalized spacial score (nSPS) is 19.1. The van der Waals surface area contributed by atoms with Gasteiger partial charge in [0.15, 0.2) is 0 Å². The van der Waals surface area contributed by atoms with E-state index < -0.39 is 0 Å². The summed E-state index contributed by atoms with van der Waals surface area (Å²) in [5, 5.41) is 6.85. The Morgan fingerprint density at radius 2 is 1.88 bits per heavy atom. The Morgan fingerprint density at radius 3 is 2.58 bits per heavy atom. The van der Waals surface area contributed by atoms with Crippen molar-refractivity contribution >= 4 is 33.8 Å². The molecule has 2 aromatic rings. The Kier molecular flexibility index (Phi) is 7.22. The van der Waals surface area contributed by atoms with Gasteiger partial charge < -0.3 is 15.4 Å². The third-order valence-electron chi connectivity index (χ3n) is 6.83. The number of para-hydroxylation sites is 1. The number of rotatable bonds is 5. The minimum atomic E-state index is -0.141. The maximum Gasteiger partial charge on any atom is 0.258 e. The van der Waals surface area contributed by atoms with Gasteiger partial charge in [-0.25, -0.2) is 0 Å². The van der Waals surface area contributed by atoms with Crippen LogP contribution in [0.1, 0.15) is 53.6 Å². The van der Waals surface area contributed by atoms with Crippen LogP contribution < -0.4 is 10.6 Å². The molecule has 1 unspecified atom stereocenters. The molecule has 0 saturated carbocycles. The van der Waals surface area contributed by atoms with E-state index in [1.807, 2.05) is 31.2 Å². The molecule has 178 valence electrons. The van der Waals surface area contributed by atoms with Crippen LogP contribution in [0.2, 0.25) is 0 Å². The summed E-state index contributed by atoms with van der Waals surface area (Å²) in [4.78, 5) is 29.7. The number of ether oxygens (including phenoxy) is 1. The molecule has 2 heterocycles. The molecule has 0 spiro atoms. The topological polar surface area (TPSA) is 70.7 Å². The van der Waals surface area contributed by atoms with Crippen LogP contribution in [0.4, 0.5) is 10.7 Å². The van der Waals surface area contributed by atoms with E-state index in [0.29, 0.717) is 36.2 Å². The molecule has 33 heavy (non-hydrogen) atoms. The first-order chi connectivity index (χ1) is 15.7. The number of fused-ring (bicyclic) bond motifs is 1. The lowest BCUT2D eigenvalue weighted by Crippen LogP contribution is -2.41. The highest BCUT2D eigenvalue weighted by Gasteiger charge is 2.34. The van der Waals surface area contributed by atoms with Crippen LogP contribution in [0, 0.1) is 18.3 Å². The van der Waals surface area contributed by atoms with Crippen LogP contribution in [0.25, 0.3) is 0 Å². The van der Waals surface area contributed by atoms with Gasteiger partial charge >= 0.3 is 0 Å². The van der Waals surface area contributed by atoms with Crippen LogP contribution in [-0.2, 0) is 22.4 Å². The zero-order chi connectivity index (χ0) is 23.6. The van der Waals surface area contributed by atoms with E-state index in [2.05, 4.69) is 36.3 Å². The van der Waals surface area contributed by atoms with E-state index in [0.717, 1.165) is 49.2 Å². The molecule has 0 bridgehead atoms. The van der Waals surface area contributed by atoms with E-state index in [9.17, 15) is 9.59 Å². The summed E-state index contributed by atoms with van der Waals surface area (Å²) in [5.41, 5.74) is 3.77. The quantitative estimate of drug-likeness (QED) is 0.664. The van der Waals surface area contributed by atoms with Crippen molar-refractivity contribution in [1.82, 2.24) is 4.90 Å². The van der Waals surface area contributed by atoms with Crippen molar-refractivity contribution in [1.29, 1.82) is 0 Å². The number of carbonyl (C=O) groups excluding carboxylic acids is 2. The lowest BCUT2D eigenvalue weighted by molar-refractivity contribution is -0.118. The number of hydrogen-bond donors (Lipinski definition) is 2. The maximum atomic E-state index is 13.5. The summed E-state index contributed by atoms with van der Waals surface area (Å²) < 4.78 is 5.38. The molecule has 6 nitrogen and oxygen atoms in total. The maximum absolute atomic E-state index is 13.5. The number of morpholine rings is 1. The smallest absolute Gasteiger partial charge is 0.258 e. The molecule has 1 atom stereocenters. The Labute approximate surface area is 200 Å². The van der Waals surface area contributed by atoms with Gasteiger partial charge in [0.1, 0.15) is 5.00 Å². The molecule has 1 aromatic carbocycles. The number of aryl methyl sites for hydroxylation is 1. The summed E-state index contributed by atoms with van der Waals surface area (Å²) in [6, 6.07) is 7.78. The number of thiophene rings is 1. The monoisotopic (exact) mass is 469 g/mol. The van der Waals surface area contributed by atoms with E-state index in [1.165, 1.54) is 4.88 Å². The third-order valence-corrected chi connectivity index (χ3v) is 8.00. The van der Waals surface area contributed by atoms with Gasteiger partial charge in [-0.05, 0) is 54.7 Å². The van der Waals surface area contributed by atoms with Gasteiger partial charge in [-0.2, -0.15) is 0 Å². The number of nitrogens with one attached hydrogen (secondary N) is 2. The molecule has 4 rings (SSSR count). The third kappa shape index (κ3) is 5.65. The minimum absolute atomic E-state index is 0.0761. The summed E-state index contributed by atoms with van der Waals surface area (Å²) in [5.74, 6) is 0.346. The zero-order valence-corrected chi connectivity index (χ0v) is 20.9. The van der Waals surface area contributed by atoms with Crippen molar-refractivity contribution in [2.75, 3.05) is 43.5 Å². The highest BCUT2D eigenvalue weighted by Crippen LogP contribution is 2.44. The second kappa shape index (κ2) is 9.95. The average Bonchev–Trinajstić information content (AvgIpc) is 3.12. The van der Waals surface area contributed by atoms with Crippen molar-refractivity contribution in [2.45, 2.75) is 47.0 Å². The molecule has 7 heteroatoms. The molecule has 0 radical (unpaired) electrons. The molecule has 1 aromatic heterocycles. The number of carbonyl (C=O) groups is 2. The van der Waals surface area contributed by atoms with Crippen LogP contribution >= 0.6 is 11.3 Å². The van der Waals surface area contributed by atoms with E-state index in [4.69, 9.17) is 4.74 Å². The second-order valence-corrected chi connectivity index (χ2v) is 11.3. The Balaban J connectivity index is 1.60. The van der Waals surface area contributed by atoms with Crippen molar-refractivity contribution in [2.24, 2.45) is 11.3 Å². The number of nitrogens with zero attached hydrogens (tertiary/aromatic N) is 1. The predicted molar refractivity (Wildman–Crippen MR) is 134 cm³/mol. The Hall–Kier alpha value is -2.22. The molecular formula is C26H35N3O3S. The summed E-state index contributed by atoms with van der Waals surface area (Å²) in [6.07, 6.45) is 2.87. The van der Waals surface area contributed by atoms with Crippen LogP contribution in [0.5, 0.6) is 0 Å². The van der Waals surface area contributed by atoms with Crippen molar-refractivity contribution < 1.29 is 14.3 Å². The van der Waals surface area contributed by atoms with Gasteiger partial charge in [0, 0.05) is 23.7 Å². The van der Waals surface area contributed by atoms with Crippen molar-refractivity contribution in [3.63, 3.8) is 0 Å². The average molecular weight is 470 g/mol. The fourth-order valence-electron chi connectivity index (χ4n) is 4.68. The minimum Gasteiger partial charge on any atom is -0.379 e. The first-order valence-corrected chi connectivity index (χ1v) is 12.7. The molecule has 1 aliphatic carbocycles. The molecule has 2 amide bonds. The standard InChI is InChI=1S/C26H35N3O3S/c1-17-7-5-6-8-20(17)27-24(31)23-19-10-9-18(26(2,3)4)15-21(19)33-25(23)28-22(30)16-29-11-13-32-14-12-29/h5-8,18H,9-16H2,1-4H3,(H,27,31)(H,28,30). The number of amides is 2. The fourth-order valence-corrected chi connectivity index (χ4v) is 6.02. The number of anilines is 2. The highest BCUT2D eigenvalue weighted by molar-refractivity contribution is 7.17. The predicted octanol–water partition coefficient (Wildman–Crippen LogP) is 4.73. The first-order valence-electron chi connectivity index (χ1n) is 11.8. The number of hydrogen-bond acceptors (Lipinski definition) is 5. The fraction of sp³-hybridized carbons (Fsp3) is 0.538. The summed E-state index contributed by atoms with van der Waals surface area (Å²) in [7, 11) is 0. The van der Waals surface area contributed by atoms with Gasteiger partial charge in [0.2, 0.25) is 5.91 Å². The zero-order valence-electron chi connectivity index (χ0n) is 20.1. The van der Waals surface area contributed by atoms with Crippen molar-refractivity contribution in [3.05, 3.63) is 45.8 Å². The van der Waals surface area contributed by atoms with Gasteiger partial charge in [-0.1, -0.05) is 39.0 Å². The first kappa shape index (κ1) is 23.9. The SMILES string of the molecule is Cc1ccccc1NC(=O)c1c(NC(=O)CN2CCOCC2)sc2c1CCC(C(C)(C)C)C2. The molecule has 1 fully saturated rings. The summed E-state index contributed by atoms with van der Waals surface area (Å²) in [6.45, 7) is 12.0. The van der Waals surface area contributed by atoms with E-state index in [1.54, 1.807) is 11.3 Å². The Morgan fingerprint density at radius 1 is 1.15 bits per heavy atom. The van der Waals surface area contributed by atoms with Crippen LogP contribution in [0.15, 0.2) is 24.3 Å². The largest absolute Gasteiger partial charge is 0.379 e. The molecule has 2 N–H and O–H groups in total. The molecule has 1 saturated heterocycles.